The second-order valence-corrected chi connectivity index (χ2v) is 7.09. The molecule has 0 spiro atoms. The van der Waals surface area contributed by atoms with Crippen molar-refractivity contribution >= 4 is 22.9 Å². The van der Waals surface area contributed by atoms with Gasteiger partial charge in [0.25, 0.3) is 0 Å². The number of nitrogens with two attached hydrogens (primary N) is 1. The van der Waals surface area contributed by atoms with Crippen LogP contribution in [0, 0.1) is 11.8 Å². The van der Waals surface area contributed by atoms with Crippen molar-refractivity contribution in [2.45, 2.75) is 37.8 Å². The van der Waals surface area contributed by atoms with Gasteiger partial charge >= 0.3 is 0 Å². The van der Waals surface area contributed by atoms with Crippen LogP contribution < -0.4 is 11.1 Å². The summed E-state index contributed by atoms with van der Waals surface area (Å²) in [7, 11) is 0. The number of rotatable bonds is 5. The zero-order valence-electron chi connectivity index (χ0n) is 14.0. The van der Waals surface area contributed by atoms with Gasteiger partial charge in [-0.2, -0.15) is 9.97 Å². The molecule has 5 N–H and O–H groups in total. The minimum atomic E-state index is 0.120. The van der Waals surface area contributed by atoms with Crippen LogP contribution in [0.2, 0.25) is 0 Å². The van der Waals surface area contributed by atoms with Crippen LogP contribution in [-0.4, -0.2) is 49.0 Å². The van der Waals surface area contributed by atoms with Gasteiger partial charge in [0.15, 0.2) is 17.0 Å². The van der Waals surface area contributed by atoms with Crippen LogP contribution in [0.3, 0.4) is 0 Å². The number of anilines is 2. The number of nitrogen functional groups attached to an aromatic ring is 1. The molecule has 8 nitrogen and oxygen atoms in total. The Bertz CT molecular complexity index is 789. The summed E-state index contributed by atoms with van der Waals surface area (Å²) in [5, 5.41) is 22.1. The quantitative estimate of drug-likeness (QED) is 0.599. The van der Waals surface area contributed by atoms with Crippen molar-refractivity contribution in [1.29, 1.82) is 0 Å². The summed E-state index contributed by atoms with van der Waals surface area (Å²) in [6, 6.07) is 0.388. The Hall–Kier alpha value is -2.19. The largest absolute Gasteiger partial charge is 0.396 e. The van der Waals surface area contributed by atoms with Crippen LogP contribution in [-0.2, 0) is 0 Å². The number of allylic oxidation sites excluding steroid dienone is 1. The number of fused-ring (bicyclic) bond motifs is 1. The van der Waals surface area contributed by atoms with Gasteiger partial charge in [-0.1, -0.05) is 12.2 Å². The van der Waals surface area contributed by atoms with Crippen LogP contribution in [0.15, 0.2) is 18.5 Å². The van der Waals surface area contributed by atoms with Gasteiger partial charge < -0.3 is 25.8 Å². The smallest absolute Gasteiger partial charge is 0.224 e. The highest BCUT2D eigenvalue weighted by Gasteiger charge is 2.27. The van der Waals surface area contributed by atoms with Crippen molar-refractivity contribution in [1.82, 2.24) is 19.5 Å². The van der Waals surface area contributed by atoms with E-state index in [9.17, 15) is 10.2 Å². The fourth-order valence-corrected chi connectivity index (χ4v) is 3.94. The monoisotopic (exact) mass is 344 g/mol. The van der Waals surface area contributed by atoms with Crippen molar-refractivity contribution < 1.29 is 10.2 Å². The van der Waals surface area contributed by atoms with E-state index in [4.69, 9.17) is 5.73 Å². The Balaban J connectivity index is 1.62. The van der Waals surface area contributed by atoms with Gasteiger partial charge in [-0.25, -0.2) is 4.98 Å². The maximum Gasteiger partial charge on any atom is 0.224 e. The van der Waals surface area contributed by atoms with Crippen LogP contribution in [0.1, 0.15) is 31.7 Å². The molecule has 2 heterocycles. The molecule has 0 aromatic carbocycles. The van der Waals surface area contributed by atoms with Gasteiger partial charge in [-0.05, 0) is 31.6 Å². The Labute approximate surface area is 145 Å². The lowest BCUT2D eigenvalue weighted by Gasteiger charge is -2.15. The van der Waals surface area contributed by atoms with E-state index >= 15 is 0 Å². The van der Waals surface area contributed by atoms with Gasteiger partial charge in [0.1, 0.15) is 0 Å². The molecule has 2 aliphatic carbocycles. The molecular formula is C17H24N6O2. The highest BCUT2D eigenvalue weighted by atomic mass is 16.3. The number of nitrogens with one attached hydrogen (secondary N) is 1. The lowest BCUT2D eigenvalue weighted by Crippen LogP contribution is -2.18. The summed E-state index contributed by atoms with van der Waals surface area (Å²) in [6.45, 7) is 0.380. The molecule has 1 fully saturated rings. The van der Waals surface area contributed by atoms with E-state index < -0.39 is 0 Å². The molecule has 1 saturated carbocycles. The number of aliphatic hydroxyl groups is 2. The van der Waals surface area contributed by atoms with E-state index in [-0.39, 0.29) is 37.2 Å². The SMILES string of the molecule is Nc1nc(N[C@@H]2CC[C@H](CO)C2)c2ncn([C@@H]3C=C[C@H](CO)C3)c2n1. The summed E-state index contributed by atoms with van der Waals surface area (Å²) in [5.74, 6) is 1.40. The highest BCUT2D eigenvalue weighted by molar-refractivity contribution is 5.84. The molecule has 0 bridgehead atoms. The first-order chi connectivity index (χ1) is 12.2. The zero-order chi connectivity index (χ0) is 17.4. The van der Waals surface area contributed by atoms with Gasteiger partial charge in [0.2, 0.25) is 5.95 Å². The normalized spacial score (nSPS) is 28.9. The molecule has 2 aliphatic rings. The molecule has 134 valence electrons. The third-order valence-electron chi connectivity index (χ3n) is 5.32. The number of hydrogen-bond donors (Lipinski definition) is 4. The van der Waals surface area contributed by atoms with E-state index in [2.05, 4.69) is 26.3 Å². The summed E-state index contributed by atoms with van der Waals surface area (Å²) in [6.07, 6.45) is 9.65. The van der Waals surface area contributed by atoms with Crippen molar-refractivity contribution in [3.63, 3.8) is 0 Å². The number of imidazole rings is 1. The third-order valence-corrected chi connectivity index (χ3v) is 5.32. The van der Waals surface area contributed by atoms with E-state index in [0.717, 1.165) is 25.7 Å². The summed E-state index contributed by atoms with van der Waals surface area (Å²) >= 11 is 0. The molecule has 8 heteroatoms. The molecule has 0 saturated heterocycles. The second kappa shape index (κ2) is 6.61. The van der Waals surface area contributed by atoms with Crippen LogP contribution in [0.4, 0.5) is 11.8 Å². The van der Waals surface area contributed by atoms with E-state index in [1.165, 1.54) is 0 Å². The number of aliphatic hydroxyl groups excluding tert-OH is 2. The Morgan fingerprint density at radius 3 is 2.76 bits per heavy atom. The minimum absolute atomic E-state index is 0.120. The Kier molecular flexibility index (Phi) is 4.30. The Morgan fingerprint density at radius 1 is 1.16 bits per heavy atom. The minimum Gasteiger partial charge on any atom is -0.396 e. The predicted molar refractivity (Wildman–Crippen MR) is 94.9 cm³/mol. The lowest BCUT2D eigenvalue weighted by atomic mass is 10.1. The number of nitrogens with zero attached hydrogens (tertiary/aromatic N) is 4. The number of hydrogen-bond acceptors (Lipinski definition) is 7. The average Bonchev–Trinajstić information content (AvgIpc) is 3.33. The molecule has 4 rings (SSSR count). The van der Waals surface area contributed by atoms with E-state index in [1.807, 2.05) is 10.6 Å². The molecular weight excluding hydrogens is 320 g/mol. The van der Waals surface area contributed by atoms with Gasteiger partial charge in [-0.15, -0.1) is 0 Å². The molecule has 0 aliphatic heterocycles. The molecule has 0 radical (unpaired) electrons. The molecule has 2 aromatic rings. The van der Waals surface area contributed by atoms with Gasteiger partial charge in [0, 0.05) is 25.2 Å². The first-order valence-corrected chi connectivity index (χ1v) is 8.84. The average molecular weight is 344 g/mol. The summed E-state index contributed by atoms with van der Waals surface area (Å²) in [4.78, 5) is 13.2. The zero-order valence-corrected chi connectivity index (χ0v) is 14.0. The Morgan fingerprint density at radius 2 is 2.04 bits per heavy atom. The van der Waals surface area contributed by atoms with Crippen LogP contribution in [0.5, 0.6) is 0 Å². The highest BCUT2D eigenvalue weighted by Crippen LogP contribution is 2.33. The molecule has 0 amide bonds. The predicted octanol–water partition coefficient (Wildman–Crippen LogP) is 1.09. The van der Waals surface area contributed by atoms with Crippen molar-refractivity contribution in [3.05, 3.63) is 18.5 Å². The first-order valence-electron chi connectivity index (χ1n) is 8.84. The van der Waals surface area contributed by atoms with Crippen LogP contribution >= 0.6 is 0 Å². The summed E-state index contributed by atoms with van der Waals surface area (Å²) in [5.41, 5.74) is 7.35. The standard InChI is InChI=1S/C17H24N6O2/c18-17-21-15(20-12-3-1-10(5-12)7-24)14-16(22-17)23(9-19-14)13-4-2-11(6-13)8-25/h2,4,9-13,24-25H,1,3,5-8H2,(H3,18,20,21,22)/t10-,11-,12+,13+/m0/s1. The molecule has 25 heavy (non-hydrogen) atoms. The topological polar surface area (TPSA) is 122 Å². The van der Waals surface area contributed by atoms with Crippen LogP contribution in [0.25, 0.3) is 11.2 Å². The van der Waals surface area contributed by atoms with Crippen molar-refractivity contribution in [3.8, 4) is 0 Å². The fourth-order valence-electron chi connectivity index (χ4n) is 3.94. The van der Waals surface area contributed by atoms with E-state index in [0.29, 0.717) is 22.9 Å². The molecule has 4 atom stereocenters. The number of aromatic nitrogens is 4. The fraction of sp³-hybridized carbons (Fsp3) is 0.588. The van der Waals surface area contributed by atoms with Crippen molar-refractivity contribution in [2.75, 3.05) is 24.3 Å². The summed E-state index contributed by atoms with van der Waals surface area (Å²) < 4.78 is 2.00. The molecule has 2 aromatic heterocycles. The van der Waals surface area contributed by atoms with Gasteiger partial charge in [0.05, 0.1) is 12.4 Å². The maximum absolute atomic E-state index is 9.33. The van der Waals surface area contributed by atoms with Crippen molar-refractivity contribution in [2.24, 2.45) is 11.8 Å². The lowest BCUT2D eigenvalue weighted by molar-refractivity contribution is 0.229. The first kappa shape index (κ1) is 16.3. The maximum atomic E-state index is 9.33. The second-order valence-electron chi connectivity index (χ2n) is 7.09. The van der Waals surface area contributed by atoms with E-state index in [1.54, 1.807) is 6.33 Å². The third kappa shape index (κ3) is 3.07. The van der Waals surface area contributed by atoms with Gasteiger partial charge in [-0.3, -0.25) is 0 Å². The molecule has 0 unspecified atom stereocenters.